The maximum Gasteiger partial charge on any atom is 0.241 e. The Morgan fingerprint density at radius 2 is 1.78 bits per heavy atom. The second-order valence-corrected chi connectivity index (χ2v) is 7.03. The molecule has 6 heteroatoms. The van der Waals surface area contributed by atoms with E-state index >= 15 is 0 Å². The number of carbonyl (C=O) groups excluding carboxylic acids is 1. The predicted molar refractivity (Wildman–Crippen MR) is 104 cm³/mol. The lowest BCUT2D eigenvalue weighted by molar-refractivity contribution is -0.121. The molecule has 1 N–H and O–H groups in total. The molecule has 142 valence electrons. The van der Waals surface area contributed by atoms with Gasteiger partial charge in [-0.2, -0.15) is 0 Å². The minimum Gasteiger partial charge on any atom is -0.454 e. The van der Waals surface area contributed by atoms with E-state index in [-0.39, 0.29) is 11.9 Å². The number of hydrogen-bond donors (Lipinski definition) is 1. The zero-order valence-corrected chi connectivity index (χ0v) is 15.6. The van der Waals surface area contributed by atoms with Gasteiger partial charge in [-0.3, -0.25) is 14.6 Å². The molecule has 0 aliphatic carbocycles. The highest BCUT2D eigenvalue weighted by Gasteiger charge is 2.26. The lowest BCUT2D eigenvalue weighted by Crippen LogP contribution is -2.52. The highest BCUT2D eigenvalue weighted by molar-refractivity contribution is 5.94. The van der Waals surface area contributed by atoms with Gasteiger partial charge in [0.1, 0.15) is 0 Å². The number of rotatable bonds is 5. The largest absolute Gasteiger partial charge is 0.454 e. The van der Waals surface area contributed by atoms with Gasteiger partial charge in [-0.1, -0.05) is 24.3 Å². The molecule has 2 aliphatic rings. The zero-order valence-electron chi connectivity index (χ0n) is 15.6. The number of carbonyl (C=O) groups is 1. The van der Waals surface area contributed by atoms with E-state index in [1.54, 1.807) is 0 Å². The van der Waals surface area contributed by atoms with E-state index in [2.05, 4.69) is 27.2 Å². The average molecular weight is 367 g/mol. The third-order valence-electron chi connectivity index (χ3n) is 5.22. The van der Waals surface area contributed by atoms with Gasteiger partial charge < -0.3 is 14.8 Å². The SMILES string of the molecule is CC(C(=O)Nc1ccccc1)N1CCN(Cc2ccc3c(c2)OCO3)CC1. The van der Waals surface area contributed by atoms with Crippen LogP contribution in [-0.4, -0.2) is 54.7 Å². The summed E-state index contributed by atoms with van der Waals surface area (Å²) in [6.45, 7) is 6.82. The molecule has 0 radical (unpaired) electrons. The van der Waals surface area contributed by atoms with Crippen molar-refractivity contribution < 1.29 is 14.3 Å². The lowest BCUT2D eigenvalue weighted by atomic mass is 10.1. The van der Waals surface area contributed by atoms with Crippen LogP contribution in [0.3, 0.4) is 0 Å². The summed E-state index contributed by atoms with van der Waals surface area (Å²) in [5, 5.41) is 2.99. The van der Waals surface area contributed by atoms with E-state index < -0.39 is 0 Å². The molecule has 6 nitrogen and oxygen atoms in total. The number of benzene rings is 2. The van der Waals surface area contributed by atoms with Crippen LogP contribution in [-0.2, 0) is 11.3 Å². The minimum absolute atomic E-state index is 0.0467. The van der Waals surface area contributed by atoms with Crippen LogP contribution in [0.25, 0.3) is 0 Å². The second-order valence-electron chi connectivity index (χ2n) is 7.03. The summed E-state index contributed by atoms with van der Waals surface area (Å²) in [5.74, 6) is 1.70. The third kappa shape index (κ3) is 4.23. The fourth-order valence-electron chi connectivity index (χ4n) is 3.54. The van der Waals surface area contributed by atoms with Crippen LogP contribution in [0.15, 0.2) is 48.5 Å². The van der Waals surface area contributed by atoms with Gasteiger partial charge in [-0.05, 0) is 36.8 Å². The first-order valence-corrected chi connectivity index (χ1v) is 9.40. The topological polar surface area (TPSA) is 54.0 Å². The van der Waals surface area contributed by atoms with Crippen molar-refractivity contribution in [3.63, 3.8) is 0 Å². The molecule has 0 bridgehead atoms. The normalized spacial score (nSPS) is 18.3. The Morgan fingerprint density at radius 1 is 1.04 bits per heavy atom. The maximum atomic E-state index is 12.5. The number of ether oxygens (including phenoxy) is 2. The van der Waals surface area contributed by atoms with Crippen molar-refractivity contribution in [1.29, 1.82) is 0 Å². The number of anilines is 1. The minimum atomic E-state index is -0.141. The van der Waals surface area contributed by atoms with E-state index in [0.717, 1.165) is 49.9 Å². The Kier molecular flexibility index (Phi) is 5.27. The summed E-state index contributed by atoms with van der Waals surface area (Å²) in [7, 11) is 0. The lowest BCUT2D eigenvalue weighted by Gasteiger charge is -2.37. The molecule has 2 aromatic rings. The Morgan fingerprint density at radius 3 is 2.56 bits per heavy atom. The van der Waals surface area contributed by atoms with Gasteiger partial charge in [0.05, 0.1) is 6.04 Å². The highest BCUT2D eigenvalue weighted by Crippen LogP contribution is 2.32. The first kappa shape index (κ1) is 17.8. The molecule has 27 heavy (non-hydrogen) atoms. The maximum absolute atomic E-state index is 12.5. The van der Waals surface area contributed by atoms with Crippen LogP contribution in [0.2, 0.25) is 0 Å². The van der Waals surface area contributed by atoms with E-state index in [4.69, 9.17) is 9.47 Å². The van der Waals surface area contributed by atoms with Gasteiger partial charge in [0.2, 0.25) is 12.7 Å². The number of nitrogens with one attached hydrogen (secondary N) is 1. The molecule has 2 aromatic carbocycles. The van der Waals surface area contributed by atoms with Crippen molar-refractivity contribution >= 4 is 11.6 Å². The molecule has 0 aromatic heterocycles. The van der Waals surface area contributed by atoms with E-state index in [1.807, 2.05) is 43.3 Å². The molecule has 0 spiro atoms. The predicted octanol–water partition coefficient (Wildman–Crippen LogP) is 2.56. The molecular formula is C21H25N3O3. The molecule has 1 unspecified atom stereocenters. The smallest absolute Gasteiger partial charge is 0.241 e. The number of para-hydroxylation sites is 1. The van der Waals surface area contributed by atoms with Gasteiger partial charge in [0, 0.05) is 38.4 Å². The molecule has 2 heterocycles. The Labute approximate surface area is 159 Å². The monoisotopic (exact) mass is 367 g/mol. The second kappa shape index (κ2) is 7.98. The summed E-state index contributed by atoms with van der Waals surface area (Å²) >= 11 is 0. The highest BCUT2D eigenvalue weighted by atomic mass is 16.7. The summed E-state index contributed by atoms with van der Waals surface area (Å²) in [6, 6.07) is 15.6. The summed E-state index contributed by atoms with van der Waals surface area (Å²) < 4.78 is 10.8. The number of hydrogen-bond acceptors (Lipinski definition) is 5. The van der Waals surface area contributed by atoms with Crippen LogP contribution in [0.1, 0.15) is 12.5 Å². The van der Waals surface area contributed by atoms with Gasteiger partial charge in [0.25, 0.3) is 0 Å². The van der Waals surface area contributed by atoms with Gasteiger partial charge in [-0.15, -0.1) is 0 Å². The summed E-state index contributed by atoms with van der Waals surface area (Å²) in [6.07, 6.45) is 0. The molecule has 4 rings (SSSR count). The quantitative estimate of drug-likeness (QED) is 0.880. The number of fused-ring (bicyclic) bond motifs is 1. The van der Waals surface area contributed by atoms with Crippen molar-refractivity contribution in [1.82, 2.24) is 9.80 Å². The molecule has 2 aliphatic heterocycles. The Hall–Kier alpha value is -2.57. The third-order valence-corrected chi connectivity index (χ3v) is 5.22. The Bertz CT molecular complexity index is 789. The summed E-state index contributed by atoms with van der Waals surface area (Å²) in [4.78, 5) is 17.2. The van der Waals surface area contributed by atoms with E-state index in [9.17, 15) is 4.79 Å². The van der Waals surface area contributed by atoms with Gasteiger partial charge in [-0.25, -0.2) is 0 Å². The van der Waals surface area contributed by atoms with E-state index in [0.29, 0.717) is 6.79 Å². The molecule has 1 fully saturated rings. The van der Waals surface area contributed by atoms with Crippen molar-refractivity contribution in [2.45, 2.75) is 19.5 Å². The number of amides is 1. The van der Waals surface area contributed by atoms with Crippen molar-refractivity contribution in [2.24, 2.45) is 0 Å². The van der Waals surface area contributed by atoms with Crippen LogP contribution < -0.4 is 14.8 Å². The molecule has 1 atom stereocenters. The van der Waals surface area contributed by atoms with Crippen LogP contribution in [0.4, 0.5) is 5.69 Å². The number of nitrogens with zero attached hydrogens (tertiary/aromatic N) is 2. The van der Waals surface area contributed by atoms with Crippen LogP contribution >= 0.6 is 0 Å². The van der Waals surface area contributed by atoms with E-state index in [1.165, 1.54) is 5.56 Å². The molecule has 1 amide bonds. The fraction of sp³-hybridized carbons (Fsp3) is 0.381. The van der Waals surface area contributed by atoms with Crippen LogP contribution in [0, 0.1) is 0 Å². The van der Waals surface area contributed by atoms with Crippen LogP contribution in [0.5, 0.6) is 11.5 Å². The van der Waals surface area contributed by atoms with Crippen molar-refractivity contribution in [2.75, 3.05) is 38.3 Å². The molecule has 1 saturated heterocycles. The summed E-state index contributed by atoms with van der Waals surface area (Å²) in [5.41, 5.74) is 2.07. The van der Waals surface area contributed by atoms with Gasteiger partial charge >= 0.3 is 0 Å². The first-order valence-electron chi connectivity index (χ1n) is 9.40. The molecule has 0 saturated carbocycles. The fourth-order valence-corrected chi connectivity index (χ4v) is 3.54. The molecular weight excluding hydrogens is 342 g/mol. The van der Waals surface area contributed by atoms with Crippen molar-refractivity contribution in [3.8, 4) is 11.5 Å². The standard InChI is InChI=1S/C21H25N3O3/c1-16(21(25)22-18-5-3-2-4-6-18)24-11-9-23(10-12-24)14-17-7-8-19-20(13-17)27-15-26-19/h2-8,13,16H,9-12,14-15H2,1H3,(H,22,25). The first-order chi connectivity index (χ1) is 13.2. The Balaban J connectivity index is 1.27. The average Bonchev–Trinajstić information content (AvgIpc) is 3.16. The number of piperazine rings is 1. The zero-order chi connectivity index (χ0) is 18.6. The van der Waals surface area contributed by atoms with Crippen molar-refractivity contribution in [3.05, 3.63) is 54.1 Å². The van der Waals surface area contributed by atoms with Gasteiger partial charge in [0.15, 0.2) is 11.5 Å².